The highest BCUT2D eigenvalue weighted by molar-refractivity contribution is 5.74. The monoisotopic (exact) mass is 336 g/mol. The maximum absolute atomic E-state index is 13.9. The normalized spacial score (nSPS) is 10.8. The second-order valence-electron chi connectivity index (χ2n) is 5.17. The number of nitrogens with zero attached hydrogens (tertiary/aromatic N) is 5. The smallest absolute Gasteiger partial charge is 0.213 e. The number of anilines is 2. The molecule has 0 saturated carbocycles. The Morgan fingerprint density at radius 1 is 1.12 bits per heavy atom. The molecule has 25 heavy (non-hydrogen) atoms. The summed E-state index contributed by atoms with van der Waals surface area (Å²) in [7, 11) is 1.54. The Labute approximate surface area is 142 Å². The van der Waals surface area contributed by atoms with E-state index < -0.39 is 5.82 Å². The summed E-state index contributed by atoms with van der Waals surface area (Å²) in [4.78, 5) is 12.6. The van der Waals surface area contributed by atoms with Crippen LogP contribution in [0.3, 0.4) is 0 Å². The number of hydrogen-bond acceptors (Lipinski definition) is 6. The van der Waals surface area contributed by atoms with Gasteiger partial charge in [0, 0.05) is 18.5 Å². The van der Waals surface area contributed by atoms with Crippen molar-refractivity contribution < 1.29 is 9.13 Å². The topological polar surface area (TPSA) is 77.2 Å². The van der Waals surface area contributed by atoms with Crippen LogP contribution in [0.25, 0.3) is 17.0 Å². The molecule has 0 saturated heterocycles. The second kappa shape index (κ2) is 6.16. The largest absolute Gasteiger partial charge is 0.481 e. The van der Waals surface area contributed by atoms with E-state index in [1.54, 1.807) is 42.1 Å². The van der Waals surface area contributed by atoms with Crippen LogP contribution in [0.15, 0.2) is 55.0 Å². The number of aromatic nitrogens is 5. The van der Waals surface area contributed by atoms with Crippen molar-refractivity contribution in [1.82, 2.24) is 24.6 Å². The van der Waals surface area contributed by atoms with E-state index in [1.807, 2.05) is 12.1 Å². The number of hydrogen-bond donors (Lipinski definition) is 1. The molecular weight excluding hydrogens is 323 g/mol. The molecule has 4 heterocycles. The van der Waals surface area contributed by atoms with Gasteiger partial charge in [0.1, 0.15) is 11.2 Å². The van der Waals surface area contributed by atoms with Gasteiger partial charge in [-0.2, -0.15) is 0 Å². The van der Waals surface area contributed by atoms with E-state index in [9.17, 15) is 4.39 Å². The summed E-state index contributed by atoms with van der Waals surface area (Å²) in [6.07, 6.45) is 4.44. The highest BCUT2D eigenvalue weighted by Crippen LogP contribution is 2.24. The third-order valence-electron chi connectivity index (χ3n) is 3.58. The molecule has 0 aliphatic heterocycles. The molecule has 4 aromatic rings. The summed E-state index contributed by atoms with van der Waals surface area (Å²) in [5.74, 6) is 0.847. The Hall–Kier alpha value is -3.55. The van der Waals surface area contributed by atoms with Crippen LogP contribution in [0.1, 0.15) is 0 Å². The maximum atomic E-state index is 13.9. The highest BCUT2D eigenvalue weighted by Gasteiger charge is 2.13. The van der Waals surface area contributed by atoms with Gasteiger partial charge in [0.15, 0.2) is 11.6 Å². The van der Waals surface area contributed by atoms with E-state index in [4.69, 9.17) is 4.74 Å². The quantitative estimate of drug-likeness (QED) is 0.617. The van der Waals surface area contributed by atoms with Gasteiger partial charge in [-0.15, -0.1) is 5.10 Å². The van der Waals surface area contributed by atoms with Gasteiger partial charge < -0.3 is 10.1 Å². The molecule has 0 amide bonds. The molecule has 0 atom stereocenters. The zero-order chi connectivity index (χ0) is 17.2. The Bertz CT molecular complexity index is 1050. The van der Waals surface area contributed by atoms with Crippen LogP contribution in [0.5, 0.6) is 5.88 Å². The lowest BCUT2D eigenvalue weighted by molar-refractivity contribution is 0.398. The number of pyridine rings is 2. The fourth-order valence-corrected chi connectivity index (χ4v) is 2.39. The number of rotatable bonds is 4. The average Bonchev–Trinajstić information content (AvgIpc) is 3.12. The van der Waals surface area contributed by atoms with Crippen molar-refractivity contribution in [2.45, 2.75) is 0 Å². The summed E-state index contributed by atoms with van der Waals surface area (Å²) in [5.41, 5.74) is 1.54. The first-order valence-electron chi connectivity index (χ1n) is 7.48. The number of nitrogens with one attached hydrogen (secondary N) is 1. The molecule has 7 nitrogen and oxygen atoms in total. The van der Waals surface area contributed by atoms with Crippen molar-refractivity contribution in [3.63, 3.8) is 0 Å². The van der Waals surface area contributed by atoms with Crippen LogP contribution >= 0.6 is 0 Å². The van der Waals surface area contributed by atoms with Gasteiger partial charge >= 0.3 is 0 Å². The van der Waals surface area contributed by atoms with Crippen LogP contribution in [-0.2, 0) is 0 Å². The van der Waals surface area contributed by atoms with Crippen molar-refractivity contribution in [2.75, 3.05) is 12.4 Å². The van der Waals surface area contributed by atoms with Crippen molar-refractivity contribution in [3.05, 3.63) is 60.8 Å². The summed E-state index contributed by atoms with van der Waals surface area (Å²) in [5, 5.41) is 7.44. The molecule has 4 aromatic heterocycles. The Kier molecular flexibility index (Phi) is 3.70. The number of methoxy groups -OCH3 is 1. The lowest BCUT2D eigenvalue weighted by atomic mass is 10.3. The Morgan fingerprint density at radius 3 is 2.88 bits per heavy atom. The van der Waals surface area contributed by atoms with Crippen molar-refractivity contribution in [2.24, 2.45) is 0 Å². The molecule has 1 N–H and O–H groups in total. The predicted octanol–water partition coefficient (Wildman–Crippen LogP) is 3.08. The lowest BCUT2D eigenvalue weighted by Crippen LogP contribution is -2.05. The minimum absolute atomic E-state index is 0.279. The van der Waals surface area contributed by atoms with Gasteiger partial charge in [0.2, 0.25) is 11.7 Å². The first kappa shape index (κ1) is 15.0. The average molecular weight is 336 g/mol. The summed E-state index contributed by atoms with van der Waals surface area (Å²) >= 11 is 0. The molecule has 0 bridgehead atoms. The van der Waals surface area contributed by atoms with Crippen LogP contribution in [0.4, 0.5) is 15.9 Å². The molecule has 8 heteroatoms. The fraction of sp³-hybridized carbons (Fsp3) is 0.0588. The Morgan fingerprint density at radius 2 is 2.04 bits per heavy atom. The SMILES string of the molecule is COc1cccc(-c2nc(Nc3ccncc3F)c3cccn3n2)n1. The minimum Gasteiger partial charge on any atom is -0.481 e. The molecule has 0 spiro atoms. The molecule has 0 unspecified atom stereocenters. The zero-order valence-electron chi connectivity index (χ0n) is 13.2. The third-order valence-corrected chi connectivity index (χ3v) is 3.58. The fourth-order valence-electron chi connectivity index (χ4n) is 2.39. The summed E-state index contributed by atoms with van der Waals surface area (Å²) in [6.45, 7) is 0. The second-order valence-corrected chi connectivity index (χ2v) is 5.17. The van der Waals surface area contributed by atoms with Crippen molar-refractivity contribution >= 4 is 17.0 Å². The van der Waals surface area contributed by atoms with Gasteiger partial charge in [-0.05, 0) is 24.3 Å². The molecular formula is C17H13FN6O. The third kappa shape index (κ3) is 2.85. The van der Waals surface area contributed by atoms with Gasteiger partial charge in [-0.25, -0.2) is 18.9 Å². The molecule has 0 aliphatic carbocycles. The van der Waals surface area contributed by atoms with Gasteiger partial charge in [0.25, 0.3) is 0 Å². The molecule has 0 fully saturated rings. The van der Waals surface area contributed by atoms with Gasteiger partial charge in [-0.1, -0.05) is 6.07 Å². The van der Waals surface area contributed by atoms with Crippen molar-refractivity contribution in [1.29, 1.82) is 0 Å². The molecule has 124 valence electrons. The van der Waals surface area contributed by atoms with Crippen LogP contribution in [0.2, 0.25) is 0 Å². The number of ether oxygens (including phenoxy) is 1. The van der Waals surface area contributed by atoms with Crippen LogP contribution in [-0.4, -0.2) is 31.7 Å². The molecule has 0 aromatic carbocycles. The minimum atomic E-state index is -0.466. The van der Waals surface area contributed by atoms with Crippen molar-refractivity contribution in [3.8, 4) is 17.4 Å². The lowest BCUT2D eigenvalue weighted by Gasteiger charge is -2.10. The van der Waals surface area contributed by atoms with E-state index in [-0.39, 0.29) is 5.69 Å². The molecule has 0 aliphatic rings. The van der Waals surface area contributed by atoms with E-state index >= 15 is 0 Å². The summed E-state index contributed by atoms with van der Waals surface area (Å²) < 4.78 is 20.7. The summed E-state index contributed by atoms with van der Waals surface area (Å²) in [6, 6.07) is 10.5. The van der Waals surface area contributed by atoms with Crippen LogP contribution in [0, 0.1) is 5.82 Å². The number of fused-ring (bicyclic) bond motifs is 1. The van der Waals surface area contributed by atoms with E-state index in [1.165, 1.54) is 6.20 Å². The maximum Gasteiger partial charge on any atom is 0.213 e. The molecule has 0 radical (unpaired) electrons. The first-order valence-corrected chi connectivity index (χ1v) is 7.48. The van der Waals surface area contributed by atoms with E-state index in [0.29, 0.717) is 28.7 Å². The highest BCUT2D eigenvalue weighted by atomic mass is 19.1. The predicted molar refractivity (Wildman–Crippen MR) is 90.2 cm³/mol. The van der Waals surface area contributed by atoms with Gasteiger partial charge in [-0.3, -0.25) is 4.98 Å². The standard InChI is InChI=1S/C17H13FN6O/c1-25-15-6-2-4-13(20-15)16-22-17(14-5-3-9-24(14)23-16)21-12-7-8-19-10-11(12)18/h2-10H,1H3,(H,19,21,22,23). The van der Waals surface area contributed by atoms with Crippen LogP contribution < -0.4 is 10.1 Å². The first-order chi connectivity index (χ1) is 12.2. The Balaban J connectivity index is 1.83. The number of halogens is 1. The van der Waals surface area contributed by atoms with Gasteiger partial charge in [0.05, 0.1) is 19.0 Å². The van der Waals surface area contributed by atoms with E-state index in [2.05, 4.69) is 25.4 Å². The molecule has 4 rings (SSSR count). The van der Waals surface area contributed by atoms with E-state index in [0.717, 1.165) is 6.20 Å². The zero-order valence-corrected chi connectivity index (χ0v) is 13.2.